The number of methoxy groups -OCH3 is 1. The zero-order valence-electron chi connectivity index (χ0n) is 12.1. The number of nitrogens with one attached hydrogen (secondary N) is 1. The van der Waals surface area contributed by atoms with Gasteiger partial charge >= 0.3 is 0 Å². The van der Waals surface area contributed by atoms with E-state index in [1.165, 1.54) is 36.0 Å². The van der Waals surface area contributed by atoms with E-state index in [2.05, 4.69) is 31.4 Å². The van der Waals surface area contributed by atoms with Crippen molar-refractivity contribution in [2.24, 2.45) is 23.6 Å². The zero-order valence-corrected chi connectivity index (χ0v) is 12.1. The van der Waals surface area contributed by atoms with E-state index in [9.17, 15) is 0 Å². The number of hydrogen-bond donors (Lipinski definition) is 2. The maximum atomic E-state index is 5.87. The van der Waals surface area contributed by atoms with Gasteiger partial charge in [0.2, 0.25) is 0 Å². The number of nitrogens with two attached hydrogens (primary N) is 1. The number of fused-ring (bicyclic) bond motifs is 1. The highest BCUT2D eigenvalue weighted by Gasteiger charge is 2.56. The Morgan fingerprint density at radius 1 is 1.26 bits per heavy atom. The lowest BCUT2D eigenvalue weighted by molar-refractivity contribution is 0.376. The van der Waals surface area contributed by atoms with Crippen molar-refractivity contribution in [3.05, 3.63) is 28.8 Å². The molecule has 3 heteroatoms. The molecule has 2 fully saturated rings. The summed E-state index contributed by atoms with van der Waals surface area (Å²) >= 11 is 0. The molecule has 3 nitrogen and oxygen atoms in total. The third-order valence-corrected chi connectivity index (χ3v) is 5.06. The smallest absolute Gasteiger partial charge is 0.124 e. The predicted octanol–water partition coefficient (Wildman–Crippen LogP) is 2.86. The van der Waals surface area contributed by atoms with Gasteiger partial charge in [-0.05, 0) is 61.6 Å². The average Bonchev–Trinajstić information content (AvgIpc) is 2.84. The van der Waals surface area contributed by atoms with Crippen molar-refractivity contribution in [3.63, 3.8) is 0 Å². The van der Waals surface area contributed by atoms with E-state index >= 15 is 0 Å². The molecule has 0 saturated heterocycles. The van der Waals surface area contributed by atoms with Crippen molar-refractivity contribution in [2.75, 3.05) is 7.11 Å². The number of rotatable bonds is 4. The molecular formula is C16H24N2O. The summed E-state index contributed by atoms with van der Waals surface area (Å²) in [6.45, 7) is 4.27. The van der Waals surface area contributed by atoms with Gasteiger partial charge in [0.25, 0.3) is 0 Å². The highest BCUT2D eigenvalue weighted by atomic mass is 16.5. The van der Waals surface area contributed by atoms with Gasteiger partial charge in [-0.2, -0.15) is 0 Å². The molecule has 2 saturated carbocycles. The fraction of sp³-hybridized carbons (Fsp3) is 0.625. The Labute approximate surface area is 115 Å². The molecule has 3 atom stereocenters. The Hall–Kier alpha value is -1.06. The Morgan fingerprint density at radius 2 is 1.95 bits per heavy atom. The Morgan fingerprint density at radius 3 is 2.53 bits per heavy atom. The van der Waals surface area contributed by atoms with Gasteiger partial charge in [-0.15, -0.1) is 0 Å². The van der Waals surface area contributed by atoms with E-state index in [1.54, 1.807) is 7.11 Å². The minimum absolute atomic E-state index is 0.242. The maximum absolute atomic E-state index is 5.87. The summed E-state index contributed by atoms with van der Waals surface area (Å²) in [5, 5.41) is 0. The Kier molecular flexibility index (Phi) is 3.27. The second kappa shape index (κ2) is 4.80. The molecular weight excluding hydrogens is 236 g/mol. The molecule has 3 unspecified atom stereocenters. The SMILES string of the molecule is COc1cc(C)cc(C)c1C(NN)C1C2CCCC21. The zero-order chi connectivity index (χ0) is 13.6. The van der Waals surface area contributed by atoms with Crippen LogP contribution >= 0.6 is 0 Å². The van der Waals surface area contributed by atoms with Crippen LogP contribution in [0.1, 0.15) is 42.0 Å². The standard InChI is InChI=1S/C16H24N2O/c1-9-7-10(2)14(13(8-9)19-3)16(18-17)15-11-5-4-6-12(11)15/h7-8,11-12,15-16,18H,4-6,17H2,1-3H3. The van der Waals surface area contributed by atoms with Crippen molar-refractivity contribution in [2.45, 2.75) is 39.2 Å². The summed E-state index contributed by atoms with van der Waals surface area (Å²) in [4.78, 5) is 0. The molecule has 2 aliphatic rings. The summed E-state index contributed by atoms with van der Waals surface area (Å²) in [5.41, 5.74) is 6.85. The molecule has 0 aliphatic heterocycles. The lowest BCUT2D eigenvalue weighted by atomic mass is 9.92. The van der Waals surface area contributed by atoms with Gasteiger partial charge in [0.1, 0.15) is 5.75 Å². The van der Waals surface area contributed by atoms with E-state index in [1.807, 2.05) is 0 Å². The molecule has 2 aliphatic carbocycles. The molecule has 0 radical (unpaired) electrons. The predicted molar refractivity (Wildman–Crippen MR) is 76.9 cm³/mol. The number of benzene rings is 1. The van der Waals surface area contributed by atoms with Crippen LogP contribution in [-0.4, -0.2) is 7.11 Å². The second-order valence-electron chi connectivity index (χ2n) is 6.18. The van der Waals surface area contributed by atoms with Crippen LogP contribution < -0.4 is 16.0 Å². The van der Waals surface area contributed by atoms with Gasteiger partial charge < -0.3 is 4.74 Å². The number of aryl methyl sites for hydroxylation is 2. The van der Waals surface area contributed by atoms with Crippen LogP contribution in [0.5, 0.6) is 5.75 Å². The first-order valence-electron chi connectivity index (χ1n) is 7.28. The van der Waals surface area contributed by atoms with Gasteiger partial charge in [0.05, 0.1) is 13.2 Å². The normalized spacial score (nSPS) is 30.0. The van der Waals surface area contributed by atoms with E-state index < -0.39 is 0 Å². The number of ether oxygens (including phenoxy) is 1. The molecule has 0 bridgehead atoms. The van der Waals surface area contributed by atoms with Crippen molar-refractivity contribution in [1.29, 1.82) is 0 Å². The highest BCUT2D eigenvalue weighted by molar-refractivity contribution is 5.46. The summed E-state index contributed by atoms with van der Waals surface area (Å²) in [6, 6.07) is 4.58. The van der Waals surface area contributed by atoms with Gasteiger partial charge in [-0.25, -0.2) is 0 Å². The number of hydrazine groups is 1. The van der Waals surface area contributed by atoms with E-state index in [0.29, 0.717) is 5.92 Å². The maximum Gasteiger partial charge on any atom is 0.124 e. The third-order valence-electron chi connectivity index (χ3n) is 5.06. The highest BCUT2D eigenvalue weighted by Crippen LogP contribution is 2.62. The lowest BCUT2D eigenvalue weighted by Gasteiger charge is -2.23. The van der Waals surface area contributed by atoms with Crippen LogP contribution in [0.3, 0.4) is 0 Å². The molecule has 3 rings (SSSR count). The minimum atomic E-state index is 0.242. The van der Waals surface area contributed by atoms with Crippen LogP contribution in [0, 0.1) is 31.6 Å². The van der Waals surface area contributed by atoms with Crippen LogP contribution in [0.4, 0.5) is 0 Å². The van der Waals surface area contributed by atoms with E-state index in [-0.39, 0.29) is 6.04 Å². The molecule has 1 aromatic carbocycles. The first-order valence-corrected chi connectivity index (χ1v) is 7.28. The summed E-state index contributed by atoms with van der Waals surface area (Å²) in [6.07, 6.45) is 4.15. The summed E-state index contributed by atoms with van der Waals surface area (Å²) in [5.74, 6) is 9.32. The lowest BCUT2D eigenvalue weighted by Crippen LogP contribution is -2.31. The van der Waals surface area contributed by atoms with Crippen molar-refractivity contribution >= 4 is 0 Å². The monoisotopic (exact) mass is 260 g/mol. The fourth-order valence-electron chi connectivity index (χ4n) is 4.27. The summed E-state index contributed by atoms with van der Waals surface area (Å²) < 4.78 is 5.59. The van der Waals surface area contributed by atoms with Gasteiger partial charge in [0, 0.05) is 5.56 Å². The molecule has 0 amide bonds. The largest absolute Gasteiger partial charge is 0.496 e. The number of hydrogen-bond acceptors (Lipinski definition) is 3. The average molecular weight is 260 g/mol. The topological polar surface area (TPSA) is 47.3 Å². The molecule has 0 spiro atoms. The van der Waals surface area contributed by atoms with Crippen molar-refractivity contribution in [1.82, 2.24) is 5.43 Å². The van der Waals surface area contributed by atoms with Crippen LogP contribution in [-0.2, 0) is 0 Å². The van der Waals surface area contributed by atoms with Gasteiger partial charge in [0.15, 0.2) is 0 Å². The van der Waals surface area contributed by atoms with E-state index in [0.717, 1.165) is 17.6 Å². The van der Waals surface area contributed by atoms with Gasteiger partial charge in [-0.1, -0.05) is 12.5 Å². The van der Waals surface area contributed by atoms with Crippen LogP contribution in [0.15, 0.2) is 12.1 Å². The van der Waals surface area contributed by atoms with Crippen LogP contribution in [0.2, 0.25) is 0 Å². The quantitative estimate of drug-likeness (QED) is 0.646. The molecule has 1 aromatic rings. The van der Waals surface area contributed by atoms with Crippen LogP contribution in [0.25, 0.3) is 0 Å². The van der Waals surface area contributed by atoms with E-state index in [4.69, 9.17) is 10.6 Å². The molecule has 0 aromatic heterocycles. The fourth-order valence-corrected chi connectivity index (χ4v) is 4.27. The van der Waals surface area contributed by atoms with Crippen molar-refractivity contribution < 1.29 is 4.74 Å². The van der Waals surface area contributed by atoms with Gasteiger partial charge in [-0.3, -0.25) is 11.3 Å². The first kappa shape index (κ1) is 12.9. The second-order valence-corrected chi connectivity index (χ2v) is 6.18. The van der Waals surface area contributed by atoms with Crippen molar-refractivity contribution in [3.8, 4) is 5.75 Å². The minimum Gasteiger partial charge on any atom is -0.496 e. The Bertz CT molecular complexity index is 476. The molecule has 19 heavy (non-hydrogen) atoms. The third kappa shape index (κ3) is 2.05. The molecule has 3 N–H and O–H groups in total. The Balaban J connectivity index is 1.95. The first-order chi connectivity index (χ1) is 9.17. The molecule has 0 heterocycles. The summed E-state index contributed by atoms with van der Waals surface area (Å²) in [7, 11) is 1.75. The molecule has 104 valence electrons.